The van der Waals surface area contributed by atoms with E-state index in [1.807, 2.05) is 0 Å². The first-order valence-corrected chi connectivity index (χ1v) is 10.4. The fourth-order valence-electron chi connectivity index (χ4n) is 3.44. The lowest BCUT2D eigenvalue weighted by molar-refractivity contribution is -0.0102. The molecule has 2 amide bonds. The van der Waals surface area contributed by atoms with Crippen LogP contribution in [0.2, 0.25) is 0 Å². The van der Waals surface area contributed by atoms with E-state index < -0.39 is 23.6 Å². The number of nitrogens with two attached hydrogens (primary N) is 1. The summed E-state index contributed by atoms with van der Waals surface area (Å²) in [5.41, 5.74) is 5.64. The summed E-state index contributed by atoms with van der Waals surface area (Å²) in [6.07, 6.45) is -0.391. The van der Waals surface area contributed by atoms with E-state index in [1.54, 1.807) is 4.90 Å². The summed E-state index contributed by atoms with van der Waals surface area (Å²) >= 11 is 0.982. The Morgan fingerprint density at radius 3 is 2.71 bits per heavy atom. The number of carbonyl (C=O) groups is 2. The first-order chi connectivity index (χ1) is 14.7. The van der Waals surface area contributed by atoms with Gasteiger partial charge in [-0.1, -0.05) is 0 Å². The molecule has 0 bridgehead atoms. The first kappa shape index (κ1) is 21.0. The smallest absolute Gasteiger partial charge is 0.277 e. The Hall–Kier alpha value is -3.21. The Morgan fingerprint density at radius 1 is 1.16 bits per heavy atom. The highest BCUT2D eigenvalue weighted by Crippen LogP contribution is 2.32. The molecule has 0 unspecified atom stereocenters. The number of rotatable bonds is 4. The number of aromatic nitrogens is 2. The number of primary amides is 1. The standard InChI is InChI=1S/C20H18F3N5O2S/c21-12-3-2-11-8-13(18(30)26-15-10-31-19(27-15)16(24)29)17(25-14(11)9-12)28-6-1-4-20(22,23)5-7-28/h2-3,8-10H,1,4-7H2,(H2,24,29)(H,26,30). The largest absolute Gasteiger partial charge is 0.364 e. The van der Waals surface area contributed by atoms with Gasteiger partial charge in [0, 0.05) is 42.8 Å². The van der Waals surface area contributed by atoms with Crippen molar-refractivity contribution < 1.29 is 22.8 Å². The summed E-state index contributed by atoms with van der Waals surface area (Å²) < 4.78 is 41.4. The maximum atomic E-state index is 13.9. The number of benzene rings is 1. The molecule has 4 rings (SSSR count). The van der Waals surface area contributed by atoms with Gasteiger partial charge in [0.1, 0.15) is 17.5 Å². The molecule has 1 aliphatic heterocycles. The molecule has 0 spiro atoms. The number of nitrogens with one attached hydrogen (secondary N) is 1. The van der Waals surface area contributed by atoms with Crippen LogP contribution in [-0.4, -0.2) is 40.8 Å². The van der Waals surface area contributed by atoms with Crippen molar-refractivity contribution in [3.05, 3.63) is 46.0 Å². The molecule has 0 aliphatic carbocycles. The van der Waals surface area contributed by atoms with E-state index in [1.165, 1.54) is 29.6 Å². The van der Waals surface area contributed by atoms with Crippen molar-refractivity contribution in [1.29, 1.82) is 0 Å². The molecule has 1 aliphatic rings. The van der Waals surface area contributed by atoms with Crippen molar-refractivity contribution in [2.24, 2.45) is 5.73 Å². The van der Waals surface area contributed by atoms with Crippen LogP contribution in [-0.2, 0) is 0 Å². The molecule has 31 heavy (non-hydrogen) atoms. The molecule has 3 N–H and O–H groups in total. The van der Waals surface area contributed by atoms with Gasteiger partial charge in [-0.05, 0) is 24.6 Å². The first-order valence-electron chi connectivity index (χ1n) is 9.52. The third-order valence-electron chi connectivity index (χ3n) is 4.98. The van der Waals surface area contributed by atoms with Crippen LogP contribution in [0.4, 0.5) is 24.8 Å². The number of nitrogens with zero attached hydrogens (tertiary/aromatic N) is 3. The van der Waals surface area contributed by atoms with Crippen molar-refractivity contribution in [1.82, 2.24) is 9.97 Å². The van der Waals surface area contributed by atoms with Gasteiger partial charge in [-0.25, -0.2) is 23.1 Å². The van der Waals surface area contributed by atoms with Crippen LogP contribution in [0, 0.1) is 5.82 Å². The highest BCUT2D eigenvalue weighted by atomic mass is 32.1. The lowest BCUT2D eigenvalue weighted by atomic mass is 10.1. The van der Waals surface area contributed by atoms with Crippen molar-refractivity contribution >= 4 is 45.7 Å². The van der Waals surface area contributed by atoms with Crippen LogP contribution >= 0.6 is 11.3 Å². The zero-order chi connectivity index (χ0) is 22.2. The molecule has 7 nitrogen and oxygen atoms in total. The zero-order valence-electron chi connectivity index (χ0n) is 16.2. The van der Waals surface area contributed by atoms with E-state index in [4.69, 9.17) is 5.73 Å². The molecule has 0 radical (unpaired) electrons. The lowest BCUT2D eigenvalue weighted by Gasteiger charge is -2.24. The second-order valence-electron chi connectivity index (χ2n) is 7.25. The molecule has 1 aromatic carbocycles. The predicted molar refractivity (Wildman–Crippen MR) is 111 cm³/mol. The van der Waals surface area contributed by atoms with Gasteiger partial charge >= 0.3 is 0 Å². The van der Waals surface area contributed by atoms with Crippen molar-refractivity contribution in [2.45, 2.75) is 25.2 Å². The highest BCUT2D eigenvalue weighted by molar-refractivity contribution is 7.12. The number of hydrogen-bond donors (Lipinski definition) is 2. The van der Waals surface area contributed by atoms with Gasteiger partial charge in [0.25, 0.3) is 11.8 Å². The maximum absolute atomic E-state index is 13.9. The SMILES string of the molecule is NC(=O)c1nc(NC(=O)c2cc3ccc(F)cc3nc2N2CCCC(F)(F)CC2)cs1. The summed E-state index contributed by atoms with van der Waals surface area (Å²) in [6.45, 7) is 0.288. The van der Waals surface area contributed by atoms with E-state index in [-0.39, 0.29) is 54.6 Å². The predicted octanol–water partition coefficient (Wildman–Crippen LogP) is 3.81. The molecular formula is C20H18F3N5O2S. The number of amides is 2. The molecule has 1 saturated heterocycles. The number of pyridine rings is 1. The van der Waals surface area contributed by atoms with Crippen molar-refractivity contribution in [3.63, 3.8) is 0 Å². The molecule has 0 atom stereocenters. The Labute approximate surface area is 179 Å². The summed E-state index contributed by atoms with van der Waals surface area (Å²) in [5.74, 6) is -4.24. The van der Waals surface area contributed by atoms with Crippen LogP contribution in [0.25, 0.3) is 10.9 Å². The number of fused-ring (bicyclic) bond motifs is 1. The molecule has 3 heterocycles. The minimum absolute atomic E-state index is 0.00360. The summed E-state index contributed by atoms with van der Waals surface area (Å²) in [4.78, 5) is 34.3. The number of alkyl halides is 2. The topological polar surface area (TPSA) is 101 Å². The monoisotopic (exact) mass is 449 g/mol. The average molecular weight is 449 g/mol. The Kier molecular flexibility index (Phi) is 5.52. The number of anilines is 2. The third kappa shape index (κ3) is 4.61. The Balaban J connectivity index is 1.72. The Bertz CT molecular complexity index is 1170. The molecule has 11 heteroatoms. The maximum Gasteiger partial charge on any atom is 0.277 e. The van der Waals surface area contributed by atoms with Gasteiger partial charge in [0.05, 0.1) is 11.1 Å². The number of carbonyl (C=O) groups excluding carboxylic acids is 2. The minimum Gasteiger partial charge on any atom is -0.364 e. The Morgan fingerprint density at radius 2 is 1.97 bits per heavy atom. The van der Waals surface area contributed by atoms with Crippen LogP contribution in [0.15, 0.2) is 29.6 Å². The van der Waals surface area contributed by atoms with Gasteiger partial charge < -0.3 is 16.0 Å². The average Bonchev–Trinajstić information content (AvgIpc) is 3.10. The van der Waals surface area contributed by atoms with Crippen LogP contribution in [0.5, 0.6) is 0 Å². The van der Waals surface area contributed by atoms with Gasteiger partial charge in [-0.15, -0.1) is 11.3 Å². The second kappa shape index (κ2) is 8.14. The number of hydrogen-bond acceptors (Lipinski definition) is 6. The third-order valence-corrected chi connectivity index (χ3v) is 5.84. The zero-order valence-corrected chi connectivity index (χ0v) is 17.0. The normalized spacial score (nSPS) is 16.2. The van der Waals surface area contributed by atoms with Gasteiger partial charge in [-0.2, -0.15) is 0 Å². The molecule has 0 saturated carbocycles. The van der Waals surface area contributed by atoms with E-state index in [0.717, 1.165) is 11.3 Å². The van der Waals surface area contributed by atoms with E-state index >= 15 is 0 Å². The minimum atomic E-state index is -2.79. The summed E-state index contributed by atoms with van der Waals surface area (Å²) in [7, 11) is 0. The number of halogens is 3. The van der Waals surface area contributed by atoms with E-state index in [0.29, 0.717) is 10.9 Å². The van der Waals surface area contributed by atoms with Crippen LogP contribution in [0.3, 0.4) is 0 Å². The van der Waals surface area contributed by atoms with Crippen molar-refractivity contribution in [3.8, 4) is 0 Å². The van der Waals surface area contributed by atoms with E-state index in [2.05, 4.69) is 15.3 Å². The highest BCUT2D eigenvalue weighted by Gasteiger charge is 2.33. The summed E-state index contributed by atoms with van der Waals surface area (Å²) in [5, 5.41) is 4.61. The molecule has 162 valence electrons. The van der Waals surface area contributed by atoms with E-state index in [9.17, 15) is 22.8 Å². The van der Waals surface area contributed by atoms with Crippen LogP contribution in [0.1, 0.15) is 39.4 Å². The molecule has 1 fully saturated rings. The van der Waals surface area contributed by atoms with Crippen molar-refractivity contribution in [2.75, 3.05) is 23.3 Å². The van der Waals surface area contributed by atoms with Gasteiger partial charge in [-0.3, -0.25) is 9.59 Å². The molecule has 3 aromatic rings. The second-order valence-corrected chi connectivity index (χ2v) is 8.11. The fraction of sp³-hybridized carbons (Fsp3) is 0.300. The summed E-state index contributed by atoms with van der Waals surface area (Å²) in [6, 6.07) is 5.50. The quantitative estimate of drug-likeness (QED) is 0.631. The van der Waals surface area contributed by atoms with Gasteiger partial charge in [0.2, 0.25) is 5.92 Å². The molecular weight excluding hydrogens is 431 g/mol. The van der Waals surface area contributed by atoms with Gasteiger partial charge in [0.15, 0.2) is 5.01 Å². The number of thiazole rings is 1. The fourth-order valence-corrected chi connectivity index (χ4v) is 4.04. The molecule has 2 aromatic heterocycles. The van der Waals surface area contributed by atoms with Crippen LogP contribution < -0.4 is 16.0 Å². The lowest BCUT2D eigenvalue weighted by Crippen LogP contribution is -2.29.